The zero-order valence-corrected chi connectivity index (χ0v) is 13.4. The first kappa shape index (κ1) is 16.2. The smallest absolute Gasteiger partial charge is 0.310 e. The lowest BCUT2D eigenvalue weighted by Crippen LogP contribution is -2.29. The topological polar surface area (TPSA) is 52.3 Å². The first-order valence-electron chi connectivity index (χ1n) is 6.43. The van der Waals surface area contributed by atoms with E-state index in [2.05, 4.69) is 36.7 Å². The molecule has 3 nitrogen and oxygen atoms in total. The summed E-state index contributed by atoms with van der Waals surface area (Å²) in [7, 11) is 0. The van der Waals surface area contributed by atoms with Crippen LogP contribution in [0.25, 0.3) is 0 Å². The summed E-state index contributed by atoms with van der Waals surface area (Å²) in [6.07, 6.45) is 0.734. The van der Waals surface area contributed by atoms with E-state index >= 15 is 0 Å². The molecule has 1 unspecified atom stereocenters. The van der Waals surface area contributed by atoms with Crippen molar-refractivity contribution in [2.75, 3.05) is 6.54 Å². The molecule has 0 aliphatic heterocycles. The highest BCUT2D eigenvalue weighted by Gasteiger charge is 2.25. The molecule has 19 heavy (non-hydrogen) atoms. The molecule has 0 saturated carbocycles. The van der Waals surface area contributed by atoms with Crippen molar-refractivity contribution in [1.29, 1.82) is 0 Å². The molecule has 0 spiro atoms. The third-order valence-corrected chi connectivity index (χ3v) is 3.58. The van der Waals surface area contributed by atoms with Gasteiger partial charge in [-0.1, -0.05) is 54.9 Å². The van der Waals surface area contributed by atoms with Gasteiger partial charge in [-0.05, 0) is 17.9 Å². The Morgan fingerprint density at radius 2 is 2.00 bits per heavy atom. The van der Waals surface area contributed by atoms with Gasteiger partial charge in [0.2, 0.25) is 0 Å². The van der Waals surface area contributed by atoms with Crippen molar-refractivity contribution in [2.24, 2.45) is 17.1 Å². The molecular formula is C15H22BrNO2. The average Bonchev–Trinajstić information content (AvgIpc) is 2.33. The van der Waals surface area contributed by atoms with E-state index in [1.165, 1.54) is 0 Å². The molecule has 0 aromatic heterocycles. The van der Waals surface area contributed by atoms with Crippen LogP contribution in [-0.2, 0) is 16.1 Å². The molecule has 0 radical (unpaired) electrons. The van der Waals surface area contributed by atoms with Gasteiger partial charge in [0.05, 0.1) is 5.92 Å². The van der Waals surface area contributed by atoms with Crippen molar-refractivity contribution in [3.05, 3.63) is 34.3 Å². The van der Waals surface area contributed by atoms with Gasteiger partial charge in [0, 0.05) is 16.6 Å². The quantitative estimate of drug-likeness (QED) is 0.842. The van der Waals surface area contributed by atoms with Crippen LogP contribution in [0.4, 0.5) is 0 Å². The maximum Gasteiger partial charge on any atom is 0.310 e. The number of esters is 1. The Bertz CT molecular complexity index is 426. The Morgan fingerprint density at radius 3 is 2.53 bits per heavy atom. The van der Waals surface area contributed by atoms with E-state index in [0.717, 1.165) is 16.5 Å². The van der Waals surface area contributed by atoms with Gasteiger partial charge in [-0.2, -0.15) is 0 Å². The van der Waals surface area contributed by atoms with Crippen LogP contribution in [0.5, 0.6) is 0 Å². The Hall–Kier alpha value is -0.870. The molecule has 0 heterocycles. The van der Waals surface area contributed by atoms with Gasteiger partial charge in [-0.15, -0.1) is 0 Å². The number of benzene rings is 1. The first-order chi connectivity index (χ1) is 8.83. The van der Waals surface area contributed by atoms with E-state index in [4.69, 9.17) is 10.5 Å². The molecule has 0 fully saturated rings. The molecular weight excluding hydrogens is 306 g/mol. The molecule has 1 aromatic carbocycles. The number of halogens is 1. The molecule has 4 heteroatoms. The van der Waals surface area contributed by atoms with Crippen molar-refractivity contribution in [2.45, 2.75) is 33.8 Å². The monoisotopic (exact) mass is 327 g/mol. The van der Waals surface area contributed by atoms with Gasteiger partial charge in [0.15, 0.2) is 0 Å². The molecule has 0 amide bonds. The molecule has 0 bridgehead atoms. The number of carbonyl (C=O) groups is 1. The van der Waals surface area contributed by atoms with Crippen LogP contribution < -0.4 is 5.73 Å². The van der Waals surface area contributed by atoms with E-state index in [9.17, 15) is 4.79 Å². The van der Waals surface area contributed by atoms with E-state index in [1.807, 2.05) is 24.3 Å². The van der Waals surface area contributed by atoms with Crippen LogP contribution in [0, 0.1) is 11.3 Å². The van der Waals surface area contributed by atoms with Crippen molar-refractivity contribution in [1.82, 2.24) is 0 Å². The summed E-state index contributed by atoms with van der Waals surface area (Å²) in [4.78, 5) is 12.0. The minimum absolute atomic E-state index is 0.0659. The summed E-state index contributed by atoms with van der Waals surface area (Å²) in [5, 5.41) is 0. The minimum Gasteiger partial charge on any atom is -0.461 e. The minimum atomic E-state index is -0.234. The average molecular weight is 328 g/mol. The lowest BCUT2D eigenvalue weighted by atomic mass is 9.85. The number of nitrogens with two attached hydrogens (primary N) is 1. The molecule has 1 rings (SSSR count). The predicted octanol–water partition coefficient (Wildman–Crippen LogP) is 3.50. The zero-order valence-electron chi connectivity index (χ0n) is 11.8. The first-order valence-corrected chi connectivity index (χ1v) is 7.23. The Labute approximate surface area is 123 Å². The Kier molecular flexibility index (Phi) is 6.01. The third-order valence-electron chi connectivity index (χ3n) is 2.80. The molecule has 106 valence electrons. The maximum absolute atomic E-state index is 12.0. The van der Waals surface area contributed by atoms with Crippen LogP contribution in [-0.4, -0.2) is 12.5 Å². The normalized spacial score (nSPS) is 13.1. The second kappa shape index (κ2) is 7.06. The highest BCUT2D eigenvalue weighted by atomic mass is 79.9. The van der Waals surface area contributed by atoms with Gasteiger partial charge in [0.1, 0.15) is 6.61 Å². The van der Waals surface area contributed by atoms with Crippen molar-refractivity contribution >= 4 is 21.9 Å². The van der Waals surface area contributed by atoms with Crippen LogP contribution in [0.3, 0.4) is 0 Å². The summed E-state index contributed by atoms with van der Waals surface area (Å²) < 4.78 is 6.31. The van der Waals surface area contributed by atoms with E-state index in [-0.39, 0.29) is 23.9 Å². The second-order valence-electron chi connectivity index (χ2n) is 5.90. The van der Waals surface area contributed by atoms with Crippen LogP contribution in [0.15, 0.2) is 28.7 Å². The summed E-state index contributed by atoms with van der Waals surface area (Å²) in [5.41, 5.74) is 6.70. The van der Waals surface area contributed by atoms with Crippen LogP contribution in [0.1, 0.15) is 32.8 Å². The fourth-order valence-electron chi connectivity index (χ4n) is 1.88. The van der Waals surface area contributed by atoms with E-state index in [0.29, 0.717) is 6.54 Å². The zero-order chi connectivity index (χ0) is 14.5. The van der Waals surface area contributed by atoms with Gasteiger partial charge >= 0.3 is 5.97 Å². The van der Waals surface area contributed by atoms with Gasteiger partial charge in [-0.3, -0.25) is 4.79 Å². The molecule has 1 aromatic rings. The molecule has 0 aliphatic carbocycles. The highest BCUT2D eigenvalue weighted by Crippen LogP contribution is 2.25. The Morgan fingerprint density at radius 1 is 1.37 bits per heavy atom. The predicted molar refractivity (Wildman–Crippen MR) is 80.6 cm³/mol. The standard InChI is InChI=1S/C15H22BrNO2/c1-15(2,3)8-12(9-17)14(18)19-10-11-6-4-5-7-13(11)16/h4-7,12H,8-10,17H2,1-3H3. The van der Waals surface area contributed by atoms with Crippen molar-refractivity contribution < 1.29 is 9.53 Å². The van der Waals surface area contributed by atoms with E-state index < -0.39 is 0 Å². The van der Waals surface area contributed by atoms with Gasteiger partial charge < -0.3 is 10.5 Å². The molecule has 1 atom stereocenters. The number of hydrogen-bond donors (Lipinski definition) is 1. The van der Waals surface area contributed by atoms with Gasteiger partial charge in [-0.25, -0.2) is 0 Å². The van der Waals surface area contributed by atoms with Crippen molar-refractivity contribution in [3.8, 4) is 0 Å². The SMILES string of the molecule is CC(C)(C)CC(CN)C(=O)OCc1ccccc1Br. The summed E-state index contributed by atoms with van der Waals surface area (Å²) in [6.45, 7) is 6.89. The largest absolute Gasteiger partial charge is 0.461 e. The summed E-state index contributed by atoms with van der Waals surface area (Å²) >= 11 is 3.43. The fraction of sp³-hybridized carbons (Fsp3) is 0.533. The van der Waals surface area contributed by atoms with Crippen LogP contribution in [0.2, 0.25) is 0 Å². The van der Waals surface area contributed by atoms with Gasteiger partial charge in [0.25, 0.3) is 0 Å². The molecule has 2 N–H and O–H groups in total. The molecule has 0 saturated heterocycles. The Balaban J connectivity index is 2.57. The second-order valence-corrected chi connectivity index (χ2v) is 6.75. The lowest BCUT2D eigenvalue weighted by molar-refractivity contribution is -0.150. The summed E-state index contributed by atoms with van der Waals surface area (Å²) in [6, 6.07) is 7.71. The molecule has 0 aliphatic rings. The fourth-order valence-corrected chi connectivity index (χ4v) is 2.28. The van der Waals surface area contributed by atoms with E-state index in [1.54, 1.807) is 0 Å². The number of hydrogen-bond acceptors (Lipinski definition) is 3. The number of carbonyl (C=O) groups excluding carboxylic acids is 1. The number of rotatable bonds is 5. The third kappa shape index (κ3) is 5.74. The summed E-state index contributed by atoms with van der Waals surface area (Å²) in [5.74, 6) is -0.448. The maximum atomic E-state index is 12.0. The number of ether oxygens (including phenoxy) is 1. The van der Waals surface area contributed by atoms with Crippen molar-refractivity contribution in [3.63, 3.8) is 0 Å². The lowest BCUT2D eigenvalue weighted by Gasteiger charge is -2.23. The van der Waals surface area contributed by atoms with Crippen LogP contribution >= 0.6 is 15.9 Å². The highest BCUT2D eigenvalue weighted by molar-refractivity contribution is 9.10.